The van der Waals surface area contributed by atoms with Crippen LogP contribution in [0.4, 0.5) is 15.8 Å². The number of aliphatic hydroxyl groups excluding tert-OH is 1. The van der Waals surface area contributed by atoms with Gasteiger partial charge in [0.2, 0.25) is 5.82 Å². The molecule has 2 N–H and O–H groups in total. The number of para-hydroxylation sites is 1. The lowest BCUT2D eigenvalue weighted by Crippen LogP contribution is -2.15. The van der Waals surface area contributed by atoms with Crippen molar-refractivity contribution < 1.29 is 14.4 Å². The predicted octanol–water partition coefficient (Wildman–Crippen LogP) is 1.77. The van der Waals surface area contributed by atoms with Gasteiger partial charge < -0.3 is 10.4 Å². The van der Waals surface area contributed by atoms with Gasteiger partial charge in [-0.1, -0.05) is 13.0 Å². The van der Waals surface area contributed by atoms with Crippen LogP contribution in [0.1, 0.15) is 6.92 Å². The predicted molar refractivity (Wildman–Crippen MR) is 57.8 cm³/mol. The molecule has 1 unspecified atom stereocenters. The summed E-state index contributed by atoms with van der Waals surface area (Å²) in [6.07, 6.45) is 0. The zero-order valence-electron chi connectivity index (χ0n) is 8.81. The van der Waals surface area contributed by atoms with E-state index in [4.69, 9.17) is 5.11 Å². The van der Waals surface area contributed by atoms with Crippen molar-refractivity contribution in [3.05, 3.63) is 34.1 Å². The number of nitrogens with zero attached hydrogens (tertiary/aromatic N) is 1. The Labute approximate surface area is 92.1 Å². The number of anilines is 1. The van der Waals surface area contributed by atoms with Crippen molar-refractivity contribution in [1.29, 1.82) is 0 Å². The van der Waals surface area contributed by atoms with Gasteiger partial charge in [0, 0.05) is 13.2 Å². The number of aliphatic hydroxyl groups is 1. The van der Waals surface area contributed by atoms with Crippen LogP contribution in [0.5, 0.6) is 0 Å². The molecule has 0 fully saturated rings. The van der Waals surface area contributed by atoms with Crippen LogP contribution < -0.4 is 5.32 Å². The molecular weight excluding hydrogens is 215 g/mol. The van der Waals surface area contributed by atoms with Gasteiger partial charge >= 0.3 is 5.69 Å². The normalized spacial score (nSPS) is 12.2. The fourth-order valence-corrected chi connectivity index (χ4v) is 1.19. The van der Waals surface area contributed by atoms with Crippen LogP contribution in [0.15, 0.2) is 18.2 Å². The molecule has 0 amide bonds. The van der Waals surface area contributed by atoms with E-state index in [9.17, 15) is 14.5 Å². The molecule has 0 spiro atoms. The summed E-state index contributed by atoms with van der Waals surface area (Å²) in [5.41, 5.74) is -0.432. The Morgan fingerprint density at radius 2 is 2.31 bits per heavy atom. The van der Waals surface area contributed by atoms with Crippen LogP contribution in [0.3, 0.4) is 0 Å². The highest BCUT2D eigenvalue weighted by Crippen LogP contribution is 2.27. The highest BCUT2D eigenvalue weighted by molar-refractivity contribution is 5.61. The molecule has 88 valence electrons. The van der Waals surface area contributed by atoms with Crippen molar-refractivity contribution in [2.24, 2.45) is 5.92 Å². The summed E-state index contributed by atoms with van der Waals surface area (Å²) in [5, 5.41) is 22.2. The fraction of sp³-hybridized carbons (Fsp3) is 0.400. The molecule has 0 bridgehead atoms. The minimum Gasteiger partial charge on any atom is -0.396 e. The van der Waals surface area contributed by atoms with Crippen LogP contribution in [0.2, 0.25) is 0 Å². The standard InChI is InChI=1S/C10H13FN2O3/c1-7(6-14)5-12-9-4-2-3-8(11)10(9)13(15)16/h2-4,7,12,14H,5-6H2,1H3. The molecule has 0 radical (unpaired) electrons. The van der Waals surface area contributed by atoms with E-state index < -0.39 is 16.4 Å². The monoisotopic (exact) mass is 228 g/mol. The lowest BCUT2D eigenvalue weighted by molar-refractivity contribution is -0.386. The van der Waals surface area contributed by atoms with Crippen LogP contribution in [0.25, 0.3) is 0 Å². The number of hydrogen-bond donors (Lipinski definition) is 2. The summed E-state index contributed by atoms with van der Waals surface area (Å²) in [4.78, 5) is 9.87. The summed E-state index contributed by atoms with van der Waals surface area (Å²) < 4.78 is 13.2. The van der Waals surface area contributed by atoms with Gasteiger partial charge in [-0.15, -0.1) is 0 Å². The lowest BCUT2D eigenvalue weighted by Gasteiger charge is -2.11. The number of nitro groups is 1. The van der Waals surface area contributed by atoms with E-state index in [1.54, 1.807) is 6.92 Å². The molecule has 0 heterocycles. The molecule has 0 aliphatic heterocycles. The molecule has 0 saturated heterocycles. The molecule has 0 aliphatic rings. The van der Waals surface area contributed by atoms with Gasteiger partial charge in [0.05, 0.1) is 4.92 Å². The van der Waals surface area contributed by atoms with Crippen LogP contribution >= 0.6 is 0 Å². The first-order chi connectivity index (χ1) is 7.56. The Morgan fingerprint density at radius 3 is 2.88 bits per heavy atom. The number of hydrogen-bond acceptors (Lipinski definition) is 4. The van der Waals surface area contributed by atoms with E-state index >= 15 is 0 Å². The number of nitrogens with one attached hydrogen (secondary N) is 1. The summed E-state index contributed by atoms with van der Waals surface area (Å²) in [6.45, 7) is 2.09. The Kier molecular flexibility index (Phi) is 4.19. The topological polar surface area (TPSA) is 75.4 Å². The van der Waals surface area contributed by atoms with Crippen molar-refractivity contribution in [3.63, 3.8) is 0 Å². The number of halogens is 1. The minimum absolute atomic E-state index is 0.0316. The van der Waals surface area contributed by atoms with Gasteiger partial charge in [-0.2, -0.15) is 4.39 Å². The number of nitro benzene ring substituents is 1. The van der Waals surface area contributed by atoms with E-state index in [1.807, 2.05) is 0 Å². The second-order valence-electron chi connectivity index (χ2n) is 3.56. The van der Waals surface area contributed by atoms with E-state index in [0.29, 0.717) is 6.54 Å². The highest BCUT2D eigenvalue weighted by atomic mass is 19.1. The molecule has 0 aliphatic carbocycles. The Bertz CT molecular complexity index is 384. The van der Waals surface area contributed by atoms with Crippen LogP contribution in [0, 0.1) is 21.8 Å². The highest BCUT2D eigenvalue weighted by Gasteiger charge is 2.19. The molecule has 5 nitrogen and oxygen atoms in total. The van der Waals surface area contributed by atoms with Gasteiger partial charge in [0.1, 0.15) is 5.69 Å². The number of benzene rings is 1. The Balaban J connectivity index is 2.87. The minimum atomic E-state index is -0.869. The van der Waals surface area contributed by atoms with Gasteiger partial charge in [-0.05, 0) is 18.1 Å². The average Bonchev–Trinajstić information content (AvgIpc) is 2.25. The van der Waals surface area contributed by atoms with E-state index in [0.717, 1.165) is 6.07 Å². The van der Waals surface area contributed by atoms with Gasteiger partial charge in [-0.25, -0.2) is 0 Å². The van der Waals surface area contributed by atoms with Crippen molar-refractivity contribution in [3.8, 4) is 0 Å². The summed E-state index contributed by atoms with van der Waals surface area (Å²) in [6, 6.07) is 3.87. The molecular formula is C10H13FN2O3. The second kappa shape index (κ2) is 5.41. The molecule has 1 atom stereocenters. The lowest BCUT2D eigenvalue weighted by atomic mass is 10.2. The van der Waals surface area contributed by atoms with Gasteiger partial charge in [0.15, 0.2) is 0 Å². The first-order valence-corrected chi connectivity index (χ1v) is 4.84. The zero-order valence-corrected chi connectivity index (χ0v) is 8.81. The largest absolute Gasteiger partial charge is 0.396 e. The van der Waals surface area contributed by atoms with Crippen molar-refractivity contribution in [2.45, 2.75) is 6.92 Å². The average molecular weight is 228 g/mol. The quantitative estimate of drug-likeness (QED) is 0.595. The van der Waals surface area contributed by atoms with Crippen molar-refractivity contribution in [1.82, 2.24) is 0 Å². The Morgan fingerprint density at radius 1 is 1.62 bits per heavy atom. The summed E-state index contributed by atoms with van der Waals surface area (Å²) in [5.74, 6) is -0.922. The van der Waals surface area contributed by atoms with E-state index in [1.165, 1.54) is 12.1 Å². The molecule has 1 aromatic rings. The molecule has 6 heteroatoms. The number of rotatable bonds is 5. The SMILES string of the molecule is CC(CO)CNc1cccc(F)c1[N+](=O)[O-]. The van der Waals surface area contributed by atoms with E-state index in [-0.39, 0.29) is 18.2 Å². The maximum absolute atomic E-state index is 13.2. The third-order valence-electron chi connectivity index (χ3n) is 2.12. The molecule has 0 saturated carbocycles. The molecule has 1 aromatic carbocycles. The van der Waals surface area contributed by atoms with Gasteiger partial charge in [-0.3, -0.25) is 10.1 Å². The third kappa shape index (κ3) is 2.90. The smallest absolute Gasteiger partial charge is 0.327 e. The van der Waals surface area contributed by atoms with E-state index in [2.05, 4.69) is 5.32 Å². The first kappa shape index (κ1) is 12.4. The Hall–Kier alpha value is -1.69. The van der Waals surface area contributed by atoms with Crippen LogP contribution in [-0.2, 0) is 0 Å². The van der Waals surface area contributed by atoms with Crippen molar-refractivity contribution in [2.75, 3.05) is 18.5 Å². The molecule has 1 rings (SSSR count). The second-order valence-corrected chi connectivity index (χ2v) is 3.56. The summed E-state index contributed by atoms with van der Waals surface area (Å²) in [7, 11) is 0. The van der Waals surface area contributed by atoms with Gasteiger partial charge in [0.25, 0.3) is 0 Å². The summed E-state index contributed by atoms with van der Waals surface area (Å²) >= 11 is 0. The zero-order chi connectivity index (χ0) is 12.1. The maximum atomic E-state index is 13.2. The fourth-order valence-electron chi connectivity index (χ4n) is 1.19. The van der Waals surface area contributed by atoms with Crippen molar-refractivity contribution >= 4 is 11.4 Å². The van der Waals surface area contributed by atoms with Crippen LogP contribution in [-0.4, -0.2) is 23.2 Å². The molecule has 0 aromatic heterocycles. The first-order valence-electron chi connectivity index (χ1n) is 4.84. The molecule has 16 heavy (non-hydrogen) atoms. The third-order valence-corrected chi connectivity index (χ3v) is 2.12. The maximum Gasteiger partial charge on any atom is 0.327 e.